The lowest BCUT2D eigenvalue weighted by molar-refractivity contribution is -0.123. The summed E-state index contributed by atoms with van der Waals surface area (Å²) in [6.07, 6.45) is 7.66. The molecule has 1 aliphatic carbocycles. The highest BCUT2D eigenvalue weighted by Crippen LogP contribution is 2.40. The molecule has 0 aromatic carbocycles. The average Bonchev–Trinajstić information content (AvgIpc) is 2.83. The Morgan fingerprint density at radius 1 is 1.44 bits per heavy atom. The molecule has 1 amide bonds. The van der Waals surface area contributed by atoms with E-state index in [4.69, 9.17) is 10.5 Å². The lowest BCUT2D eigenvalue weighted by Gasteiger charge is -2.29. The van der Waals surface area contributed by atoms with Gasteiger partial charge in [-0.15, -0.1) is 0 Å². The highest BCUT2D eigenvalue weighted by molar-refractivity contribution is 5.81. The van der Waals surface area contributed by atoms with Crippen LogP contribution in [-0.2, 0) is 9.53 Å². The number of nitrogens with two attached hydrogens (primary N) is 1. The van der Waals surface area contributed by atoms with Crippen LogP contribution < -0.4 is 11.1 Å². The van der Waals surface area contributed by atoms with Crippen LogP contribution in [0.25, 0.3) is 0 Å². The molecule has 0 aliphatic heterocycles. The Kier molecular flexibility index (Phi) is 6.65. The lowest BCUT2D eigenvalue weighted by Crippen LogP contribution is -2.45. The normalized spacial score (nSPS) is 19.7. The first-order chi connectivity index (χ1) is 8.63. The summed E-state index contributed by atoms with van der Waals surface area (Å²) in [6, 6.07) is -0.351. The molecule has 0 aromatic heterocycles. The summed E-state index contributed by atoms with van der Waals surface area (Å²) in [6.45, 7) is 3.58. The molecule has 1 aliphatic rings. The molecule has 1 fully saturated rings. The van der Waals surface area contributed by atoms with Crippen molar-refractivity contribution < 1.29 is 9.53 Å². The van der Waals surface area contributed by atoms with E-state index in [0.717, 1.165) is 32.4 Å². The Morgan fingerprint density at radius 2 is 2.11 bits per heavy atom. The molecule has 1 rings (SSSR count). The number of methoxy groups -OCH3 is 1. The van der Waals surface area contributed by atoms with Crippen molar-refractivity contribution in [1.82, 2.24) is 5.32 Å². The van der Waals surface area contributed by atoms with Crippen LogP contribution in [0.3, 0.4) is 0 Å². The summed E-state index contributed by atoms with van der Waals surface area (Å²) in [5.41, 5.74) is 6.07. The van der Waals surface area contributed by atoms with Crippen LogP contribution >= 0.6 is 0 Å². The molecule has 106 valence electrons. The van der Waals surface area contributed by atoms with E-state index in [1.807, 2.05) is 6.92 Å². The molecule has 4 nitrogen and oxygen atoms in total. The molecule has 0 spiro atoms. The van der Waals surface area contributed by atoms with Crippen LogP contribution in [0.15, 0.2) is 0 Å². The predicted molar refractivity (Wildman–Crippen MR) is 73.3 cm³/mol. The fourth-order valence-electron chi connectivity index (χ4n) is 2.81. The van der Waals surface area contributed by atoms with Gasteiger partial charge in [0.1, 0.15) is 0 Å². The van der Waals surface area contributed by atoms with E-state index in [1.165, 1.54) is 25.7 Å². The molecule has 4 heteroatoms. The van der Waals surface area contributed by atoms with Crippen LogP contribution in [0.5, 0.6) is 0 Å². The first-order valence-electron chi connectivity index (χ1n) is 7.16. The Balaban J connectivity index is 2.40. The van der Waals surface area contributed by atoms with Gasteiger partial charge < -0.3 is 15.8 Å². The van der Waals surface area contributed by atoms with E-state index < -0.39 is 0 Å². The van der Waals surface area contributed by atoms with E-state index in [9.17, 15) is 4.79 Å². The fraction of sp³-hybridized carbons (Fsp3) is 0.929. The van der Waals surface area contributed by atoms with Crippen molar-refractivity contribution in [3.63, 3.8) is 0 Å². The SMILES string of the molecule is CCCC(N)C(=O)NCC1(CCOC)CCCC1. The largest absolute Gasteiger partial charge is 0.385 e. The van der Waals surface area contributed by atoms with Gasteiger partial charge >= 0.3 is 0 Å². The van der Waals surface area contributed by atoms with E-state index >= 15 is 0 Å². The van der Waals surface area contributed by atoms with Crippen molar-refractivity contribution in [2.24, 2.45) is 11.1 Å². The molecule has 3 N–H and O–H groups in total. The molecule has 0 bridgehead atoms. The molecule has 0 saturated heterocycles. The van der Waals surface area contributed by atoms with Gasteiger partial charge in [0.15, 0.2) is 0 Å². The number of rotatable bonds is 8. The molecular formula is C14H28N2O2. The number of carbonyl (C=O) groups is 1. The van der Waals surface area contributed by atoms with E-state index in [2.05, 4.69) is 5.32 Å². The van der Waals surface area contributed by atoms with Crippen LogP contribution in [-0.4, -0.2) is 32.2 Å². The lowest BCUT2D eigenvalue weighted by atomic mass is 9.83. The maximum absolute atomic E-state index is 11.8. The second kappa shape index (κ2) is 7.74. The highest BCUT2D eigenvalue weighted by atomic mass is 16.5. The average molecular weight is 256 g/mol. The van der Waals surface area contributed by atoms with Crippen molar-refractivity contribution in [1.29, 1.82) is 0 Å². The summed E-state index contributed by atoms with van der Waals surface area (Å²) in [5, 5.41) is 3.04. The molecule has 1 atom stereocenters. The molecule has 0 heterocycles. The summed E-state index contributed by atoms with van der Waals surface area (Å²) in [5.74, 6) is 0.000502. The van der Waals surface area contributed by atoms with Crippen molar-refractivity contribution in [3.05, 3.63) is 0 Å². The summed E-state index contributed by atoms with van der Waals surface area (Å²) >= 11 is 0. The van der Waals surface area contributed by atoms with E-state index in [-0.39, 0.29) is 17.4 Å². The second-order valence-electron chi connectivity index (χ2n) is 5.56. The minimum atomic E-state index is -0.351. The first kappa shape index (κ1) is 15.4. The maximum Gasteiger partial charge on any atom is 0.236 e. The number of nitrogens with one attached hydrogen (secondary N) is 1. The number of hydrogen-bond donors (Lipinski definition) is 2. The van der Waals surface area contributed by atoms with Gasteiger partial charge in [-0.3, -0.25) is 4.79 Å². The van der Waals surface area contributed by atoms with Gasteiger partial charge in [0.2, 0.25) is 5.91 Å². The molecular weight excluding hydrogens is 228 g/mol. The minimum Gasteiger partial charge on any atom is -0.385 e. The summed E-state index contributed by atoms with van der Waals surface area (Å²) in [4.78, 5) is 11.8. The van der Waals surface area contributed by atoms with Gasteiger partial charge in [-0.1, -0.05) is 26.2 Å². The topological polar surface area (TPSA) is 64.4 Å². The zero-order valence-electron chi connectivity index (χ0n) is 11.8. The standard InChI is InChI=1S/C14H28N2O2/c1-3-6-12(15)13(17)16-11-14(9-10-18-2)7-4-5-8-14/h12H,3-11,15H2,1-2H3,(H,16,17). The van der Waals surface area contributed by atoms with Crippen molar-refractivity contribution in [2.45, 2.75) is 57.9 Å². The van der Waals surface area contributed by atoms with Crippen molar-refractivity contribution >= 4 is 5.91 Å². The third-order valence-electron chi connectivity index (χ3n) is 4.07. The Bertz CT molecular complexity index is 250. The van der Waals surface area contributed by atoms with Gasteiger partial charge in [0.05, 0.1) is 6.04 Å². The molecule has 1 saturated carbocycles. The number of amides is 1. The summed E-state index contributed by atoms with van der Waals surface area (Å²) < 4.78 is 5.18. The zero-order chi connectivity index (χ0) is 13.4. The molecule has 0 aromatic rings. The Hall–Kier alpha value is -0.610. The molecule has 1 unspecified atom stereocenters. The van der Waals surface area contributed by atoms with Crippen molar-refractivity contribution in [3.8, 4) is 0 Å². The minimum absolute atomic E-state index is 0.000502. The van der Waals surface area contributed by atoms with Crippen LogP contribution in [0, 0.1) is 5.41 Å². The van der Waals surface area contributed by atoms with Crippen LogP contribution in [0.2, 0.25) is 0 Å². The number of carbonyl (C=O) groups excluding carboxylic acids is 1. The van der Waals surface area contributed by atoms with E-state index in [1.54, 1.807) is 7.11 Å². The zero-order valence-corrected chi connectivity index (χ0v) is 11.8. The summed E-state index contributed by atoms with van der Waals surface area (Å²) in [7, 11) is 1.73. The number of hydrogen-bond acceptors (Lipinski definition) is 3. The van der Waals surface area contributed by atoms with Crippen LogP contribution in [0.1, 0.15) is 51.9 Å². The van der Waals surface area contributed by atoms with Gasteiger partial charge in [-0.25, -0.2) is 0 Å². The molecule has 0 radical (unpaired) electrons. The second-order valence-corrected chi connectivity index (χ2v) is 5.56. The van der Waals surface area contributed by atoms with Gasteiger partial charge in [0.25, 0.3) is 0 Å². The van der Waals surface area contributed by atoms with Gasteiger partial charge in [-0.05, 0) is 31.1 Å². The molecule has 18 heavy (non-hydrogen) atoms. The van der Waals surface area contributed by atoms with E-state index in [0.29, 0.717) is 0 Å². The number of ether oxygens (including phenoxy) is 1. The van der Waals surface area contributed by atoms with Gasteiger partial charge in [0, 0.05) is 20.3 Å². The van der Waals surface area contributed by atoms with Crippen molar-refractivity contribution in [2.75, 3.05) is 20.3 Å². The fourth-order valence-corrected chi connectivity index (χ4v) is 2.81. The Labute approximate surface area is 111 Å². The third kappa shape index (κ3) is 4.58. The third-order valence-corrected chi connectivity index (χ3v) is 4.07. The van der Waals surface area contributed by atoms with Gasteiger partial charge in [-0.2, -0.15) is 0 Å². The monoisotopic (exact) mass is 256 g/mol. The smallest absolute Gasteiger partial charge is 0.236 e. The highest BCUT2D eigenvalue weighted by Gasteiger charge is 2.34. The maximum atomic E-state index is 11.8. The van der Waals surface area contributed by atoms with Crippen LogP contribution in [0.4, 0.5) is 0 Å². The first-order valence-corrected chi connectivity index (χ1v) is 7.16. The Morgan fingerprint density at radius 3 is 2.67 bits per heavy atom. The predicted octanol–water partition coefficient (Wildman–Crippen LogP) is 1.83. The quantitative estimate of drug-likeness (QED) is 0.696.